The van der Waals surface area contributed by atoms with Gasteiger partial charge in [-0.2, -0.15) is 8.78 Å². The summed E-state index contributed by atoms with van der Waals surface area (Å²) >= 11 is 6.34. The van der Waals surface area contributed by atoms with Gasteiger partial charge in [-0.3, -0.25) is 10.1 Å². The molecule has 2 aromatic carbocycles. The van der Waals surface area contributed by atoms with E-state index in [4.69, 9.17) is 21.1 Å². The van der Waals surface area contributed by atoms with Crippen LogP contribution in [0, 0.1) is 10.1 Å². The van der Waals surface area contributed by atoms with Crippen molar-refractivity contribution in [3.05, 3.63) is 57.1 Å². The van der Waals surface area contributed by atoms with Crippen LogP contribution < -0.4 is 9.47 Å². The number of hydrogen-bond donors (Lipinski definition) is 0. The van der Waals surface area contributed by atoms with E-state index in [1.54, 1.807) is 12.1 Å². The van der Waals surface area contributed by atoms with Crippen LogP contribution in [0.25, 0.3) is 0 Å². The molecule has 2 rings (SSSR count). The monoisotopic (exact) mass is 375 g/mol. The van der Waals surface area contributed by atoms with Gasteiger partial charge in [-0.25, -0.2) is 0 Å². The molecule has 0 bridgehead atoms. The fourth-order valence-corrected chi connectivity index (χ4v) is 2.70. The van der Waals surface area contributed by atoms with Crippen LogP contribution in [-0.2, 0) is 6.61 Å². The van der Waals surface area contributed by atoms with Gasteiger partial charge in [0.15, 0.2) is 0 Å². The molecule has 5 nitrogen and oxygen atoms in total. The first-order valence-electron chi connectivity index (χ1n) is 6.59. The Kier molecular flexibility index (Phi) is 6.22. The highest BCUT2D eigenvalue weighted by Crippen LogP contribution is 2.35. The van der Waals surface area contributed by atoms with Crippen LogP contribution in [0.5, 0.6) is 11.5 Å². The predicted octanol–water partition coefficient (Wildman–Crippen LogP) is 5.15. The smallest absolute Gasteiger partial charge is 0.289 e. The van der Waals surface area contributed by atoms with Gasteiger partial charge >= 0.3 is 0 Å². The average molecular weight is 376 g/mol. The van der Waals surface area contributed by atoms with Gasteiger partial charge in [0.2, 0.25) is 0 Å². The second kappa shape index (κ2) is 8.16. The third kappa shape index (κ3) is 4.72. The molecule has 0 N–H and O–H groups in total. The molecular weight excluding hydrogens is 364 g/mol. The van der Waals surface area contributed by atoms with Crippen molar-refractivity contribution in [2.24, 2.45) is 0 Å². The van der Waals surface area contributed by atoms with Gasteiger partial charge in [0, 0.05) is 12.1 Å². The molecule has 0 amide bonds. The van der Waals surface area contributed by atoms with Crippen LogP contribution in [0.2, 0.25) is 5.02 Å². The Bertz CT molecular complexity index is 745. The molecular formula is C15H12ClF2NO4S. The number of halogens is 3. The Balaban J connectivity index is 2.10. The highest BCUT2D eigenvalue weighted by atomic mass is 35.5. The van der Waals surface area contributed by atoms with Crippen molar-refractivity contribution in [1.82, 2.24) is 0 Å². The molecule has 24 heavy (non-hydrogen) atoms. The van der Waals surface area contributed by atoms with Crippen molar-refractivity contribution in [2.45, 2.75) is 17.3 Å². The van der Waals surface area contributed by atoms with E-state index in [0.717, 1.165) is 0 Å². The molecule has 0 aromatic heterocycles. The zero-order chi connectivity index (χ0) is 17.7. The van der Waals surface area contributed by atoms with E-state index in [2.05, 4.69) is 0 Å². The van der Waals surface area contributed by atoms with Crippen molar-refractivity contribution in [3.8, 4) is 11.5 Å². The molecule has 0 heterocycles. The summed E-state index contributed by atoms with van der Waals surface area (Å²) < 4.78 is 35.5. The predicted molar refractivity (Wildman–Crippen MR) is 87.3 cm³/mol. The van der Waals surface area contributed by atoms with Crippen molar-refractivity contribution in [1.29, 1.82) is 0 Å². The minimum absolute atomic E-state index is 0.105. The lowest BCUT2D eigenvalue weighted by atomic mass is 10.2. The van der Waals surface area contributed by atoms with Gasteiger partial charge < -0.3 is 9.47 Å². The minimum atomic E-state index is -2.54. The van der Waals surface area contributed by atoms with Crippen molar-refractivity contribution >= 4 is 29.1 Å². The Morgan fingerprint density at radius 2 is 2.00 bits per heavy atom. The molecule has 0 saturated carbocycles. The summed E-state index contributed by atoms with van der Waals surface area (Å²) in [4.78, 5) is 10.4. The average Bonchev–Trinajstić information content (AvgIpc) is 2.54. The van der Waals surface area contributed by atoms with Crippen LogP contribution in [0.15, 0.2) is 41.3 Å². The number of nitro benzene ring substituents is 1. The summed E-state index contributed by atoms with van der Waals surface area (Å²) in [6.07, 6.45) is 0. The highest BCUT2D eigenvalue weighted by molar-refractivity contribution is 7.99. The highest BCUT2D eigenvalue weighted by Gasteiger charge is 2.13. The Morgan fingerprint density at radius 1 is 1.25 bits per heavy atom. The van der Waals surface area contributed by atoms with Crippen molar-refractivity contribution < 1.29 is 23.2 Å². The van der Waals surface area contributed by atoms with Crippen LogP contribution in [0.3, 0.4) is 0 Å². The number of rotatable bonds is 7. The molecule has 0 fully saturated rings. The molecule has 0 unspecified atom stereocenters. The summed E-state index contributed by atoms with van der Waals surface area (Å²) in [5, 5.41) is 10.8. The molecule has 9 heteroatoms. The summed E-state index contributed by atoms with van der Waals surface area (Å²) in [5.41, 5.74) is 0.544. The van der Waals surface area contributed by atoms with Crippen molar-refractivity contribution in [3.63, 3.8) is 0 Å². The summed E-state index contributed by atoms with van der Waals surface area (Å²) in [7, 11) is 1.39. The maximum absolute atomic E-state index is 12.5. The standard InChI is InChI=1S/C15H12ClF2NO4S/c1-22-13-6-9(2-5-14(13)24-15(17)18)8-23-12-4-3-10(19(20)21)7-11(12)16/h2-7,15H,8H2,1H3. The molecule has 2 aromatic rings. The molecule has 0 aliphatic heterocycles. The van der Waals surface area contributed by atoms with Crippen LogP contribution >= 0.6 is 23.4 Å². The normalized spacial score (nSPS) is 10.7. The number of alkyl halides is 2. The molecule has 0 atom stereocenters. The van der Waals surface area contributed by atoms with Crippen LogP contribution in [-0.4, -0.2) is 17.8 Å². The Labute approximate surface area is 145 Å². The number of ether oxygens (including phenoxy) is 2. The zero-order valence-corrected chi connectivity index (χ0v) is 13.9. The van der Waals surface area contributed by atoms with Gasteiger partial charge in [0.05, 0.1) is 22.0 Å². The zero-order valence-electron chi connectivity index (χ0n) is 12.4. The van der Waals surface area contributed by atoms with Crippen molar-refractivity contribution in [2.75, 3.05) is 7.11 Å². The lowest BCUT2D eigenvalue weighted by Crippen LogP contribution is -1.98. The third-order valence-electron chi connectivity index (χ3n) is 2.96. The molecule has 128 valence electrons. The van der Waals surface area contributed by atoms with Gasteiger partial charge in [0.1, 0.15) is 18.1 Å². The fraction of sp³-hybridized carbons (Fsp3) is 0.200. The Morgan fingerprint density at radius 3 is 2.58 bits per heavy atom. The number of nitro groups is 1. The molecule has 0 saturated heterocycles. The SMILES string of the molecule is COc1cc(COc2ccc([N+](=O)[O-])cc2Cl)ccc1SC(F)F. The largest absolute Gasteiger partial charge is 0.496 e. The molecule has 0 aliphatic rings. The number of hydrogen-bond acceptors (Lipinski definition) is 5. The summed E-state index contributed by atoms with van der Waals surface area (Å²) in [6, 6.07) is 8.62. The lowest BCUT2D eigenvalue weighted by molar-refractivity contribution is -0.384. The quantitative estimate of drug-likeness (QED) is 0.380. The number of non-ortho nitro benzene ring substituents is 1. The second-order valence-corrected chi connectivity index (χ2v) is 5.96. The third-order valence-corrected chi connectivity index (χ3v) is 4.03. The molecule has 0 radical (unpaired) electrons. The second-order valence-electron chi connectivity index (χ2n) is 4.52. The maximum atomic E-state index is 12.5. The van der Waals surface area contributed by atoms with Gasteiger partial charge in [-0.1, -0.05) is 29.4 Å². The first-order chi connectivity index (χ1) is 11.4. The van der Waals surface area contributed by atoms with Gasteiger partial charge in [0.25, 0.3) is 11.4 Å². The summed E-state index contributed by atoms with van der Waals surface area (Å²) in [6.45, 7) is 0.105. The molecule has 0 spiro atoms. The van der Waals surface area contributed by atoms with Gasteiger partial charge in [-0.15, -0.1) is 0 Å². The number of nitrogens with zero attached hydrogens (tertiary/aromatic N) is 1. The van der Waals surface area contributed by atoms with E-state index in [9.17, 15) is 18.9 Å². The first kappa shape index (κ1) is 18.3. The van der Waals surface area contributed by atoms with E-state index in [1.165, 1.54) is 31.4 Å². The maximum Gasteiger partial charge on any atom is 0.289 e. The van der Waals surface area contributed by atoms with E-state index in [-0.39, 0.29) is 23.1 Å². The van der Waals surface area contributed by atoms with E-state index in [1.807, 2.05) is 0 Å². The van der Waals surface area contributed by atoms with Crippen LogP contribution in [0.4, 0.5) is 14.5 Å². The minimum Gasteiger partial charge on any atom is -0.496 e. The number of methoxy groups -OCH3 is 1. The molecule has 0 aliphatic carbocycles. The lowest BCUT2D eigenvalue weighted by Gasteiger charge is -2.11. The van der Waals surface area contributed by atoms with Crippen LogP contribution in [0.1, 0.15) is 5.56 Å². The van der Waals surface area contributed by atoms with Gasteiger partial charge in [-0.05, 0) is 23.8 Å². The number of thioether (sulfide) groups is 1. The van der Waals surface area contributed by atoms with E-state index in [0.29, 0.717) is 28.0 Å². The first-order valence-corrected chi connectivity index (χ1v) is 7.85. The van der Waals surface area contributed by atoms with E-state index < -0.39 is 10.7 Å². The Hall–Kier alpha value is -2.06. The number of benzene rings is 2. The fourth-order valence-electron chi connectivity index (χ4n) is 1.88. The topological polar surface area (TPSA) is 61.6 Å². The van der Waals surface area contributed by atoms with E-state index >= 15 is 0 Å². The summed E-state index contributed by atoms with van der Waals surface area (Å²) in [5.74, 6) is -1.94.